The van der Waals surface area contributed by atoms with Crippen LogP contribution in [-0.4, -0.2) is 50.9 Å². The summed E-state index contributed by atoms with van der Waals surface area (Å²) in [5, 5.41) is 2.85. The van der Waals surface area contributed by atoms with Crippen molar-refractivity contribution in [3.63, 3.8) is 0 Å². The molecule has 0 saturated heterocycles. The molecule has 0 aliphatic rings. The Bertz CT molecular complexity index is 1350. The highest BCUT2D eigenvalue weighted by atomic mass is 32.2. The molecule has 0 aliphatic carbocycles. The van der Waals surface area contributed by atoms with Crippen molar-refractivity contribution in [2.45, 2.75) is 51.1 Å². The predicted molar refractivity (Wildman–Crippen MR) is 153 cm³/mol. The van der Waals surface area contributed by atoms with Gasteiger partial charge in [0.1, 0.15) is 24.2 Å². The third-order valence-corrected chi connectivity index (χ3v) is 8.10. The summed E-state index contributed by atoms with van der Waals surface area (Å²) >= 11 is 0. The molecule has 8 nitrogen and oxygen atoms in total. The Balaban J connectivity index is 1.97. The third kappa shape index (κ3) is 8.05. The average molecular weight is 570 g/mol. The van der Waals surface area contributed by atoms with Crippen molar-refractivity contribution in [2.24, 2.45) is 0 Å². The lowest BCUT2D eigenvalue weighted by molar-refractivity contribution is -0.139. The van der Waals surface area contributed by atoms with Gasteiger partial charge in [0.05, 0.1) is 17.2 Å². The fourth-order valence-corrected chi connectivity index (χ4v) is 5.45. The van der Waals surface area contributed by atoms with Gasteiger partial charge in [-0.3, -0.25) is 13.9 Å². The Kier molecular flexibility index (Phi) is 11.1. The van der Waals surface area contributed by atoms with E-state index in [1.807, 2.05) is 44.2 Å². The molecule has 3 aromatic rings. The molecule has 0 saturated carbocycles. The molecule has 0 spiro atoms. The summed E-state index contributed by atoms with van der Waals surface area (Å²) in [7, 11) is -4.26. The first-order valence-corrected chi connectivity index (χ1v) is 14.7. The fourth-order valence-electron chi connectivity index (χ4n) is 4.04. The molecule has 1 N–H and O–H groups in total. The van der Waals surface area contributed by atoms with Crippen molar-refractivity contribution in [2.75, 3.05) is 24.0 Å². The molecule has 0 unspecified atom stereocenters. The van der Waals surface area contributed by atoms with Crippen molar-refractivity contribution in [1.82, 2.24) is 10.2 Å². The number of carbonyl (C=O) groups is 2. The van der Waals surface area contributed by atoms with Gasteiger partial charge in [0, 0.05) is 13.1 Å². The van der Waals surface area contributed by atoms with Gasteiger partial charge in [0.15, 0.2) is 0 Å². The highest BCUT2D eigenvalue weighted by molar-refractivity contribution is 7.92. The number of anilines is 1. The summed E-state index contributed by atoms with van der Waals surface area (Å²) in [6.45, 7) is 5.84. The number of hydrogen-bond donors (Lipinski definition) is 1. The lowest BCUT2D eigenvalue weighted by Gasteiger charge is -2.32. The first-order chi connectivity index (χ1) is 19.2. The summed E-state index contributed by atoms with van der Waals surface area (Å²) in [4.78, 5) is 28.1. The smallest absolute Gasteiger partial charge is 0.264 e. The highest BCUT2D eigenvalue weighted by Gasteiger charge is 2.32. The van der Waals surface area contributed by atoms with E-state index >= 15 is 0 Å². The normalized spacial score (nSPS) is 11.9. The highest BCUT2D eigenvalue weighted by Crippen LogP contribution is 2.26. The zero-order chi connectivity index (χ0) is 29.1. The SMILES string of the molecule is CCCCNC(=O)[C@H](C)N(Cc1ccccc1)C(=O)CN(c1ccc(F)cc1)S(=O)(=O)c1ccc(OCC)cc1. The van der Waals surface area contributed by atoms with E-state index < -0.39 is 34.3 Å². The van der Waals surface area contributed by atoms with Crippen LogP contribution in [0.15, 0.2) is 83.8 Å². The molecule has 214 valence electrons. The van der Waals surface area contributed by atoms with Gasteiger partial charge in [0.2, 0.25) is 11.8 Å². The van der Waals surface area contributed by atoms with Crippen LogP contribution in [0.3, 0.4) is 0 Å². The molecule has 0 radical (unpaired) electrons. The molecule has 3 rings (SSSR count). The van der Waals surface area contributed by atoms with Crippen LogP contribution in [0.25, 0.3) is 0 Å². The molecule has 2 amide bonds. The van der Waals surface area contributed by atoms with E-state index in [0.29, 0.717) is 18.9 Å². The maximum atomic E-state index is 13.8. The largest absolute Gasteiger partial charge is 0.494 e. The number of ether oxygens (including phenoxy) is 1. The van der Waals surface area contributed by atoms with E-state index in [1.54, 1.807) is 6.92 Å². The Labute approximate surface area is 235 Å². The Hall–Kier alpha value is -3.92. The summed E-state index contributed by atoms with van der Waals surface area (Å²) in [5.41, 5.74) is 0.898. The predicted octanol–water partition coefficient (Wildman–Crippen LogP) is 4.75. The van der Waals surface area contributed by atoms with Gasteiger partial charge in [-0.2, -0.15) is 0 Å². The minimum Gasteiger partial charge on any atom is -0.494 e. The van der Waals surface area contributed by atoms with Crippen molar-refractivity contribution in [1.29, 1.82) is 0 Å². The Morgan fingerprint density at radius 2 is 1.60 bits per heavy atom. The van der Waals surface area contributed by atoms with Gasteiger partial charge < -0.3 is 15.0 Å². The summed E-state index contributed by atoms with van der Waals surface area (Å²) in [6.07, 6.45) is 1.70. The molecular weight excluding hydrogens is 533 g/mol. The van der Waals surface area contributed by atoms with Crippen LogP contribution in [0.2, 0.25) is 0 Å². The van der Waals surface area contributed by atoms with Crippen molar-refractivity contribution >= 4 is 27.5 Å². The molecule has 0 heterocycles. The van der Waals surface area contributed by atoms with E-state index in [4.69, 9.17) is 4.74 Å². The van der Waals surface area contributed by atoms with E-state index in [0.717, 1.165) is 34.8 Å². The topological polar surface area (TPSA) is 96.0 Å². The van der Waals surface area contributed by atoms with Crippen molar-refractivity contribution in [3.8, 4) is 5.75 Å². The van der Waals surface area contributed by atoms with Crippen LogP contribution in [0.4, 0.5) is 10.1 Å². The fraction of sp³-hybridized carbons (Fsp3) is 0.333. The Morgan fingerprint density at radius 3 is 2.20 bits per heavy atom. The van der Waals surface area contributed by atoms with Gasteiger partial charge in [-0.1, -0.05) is 43.7 Å². The molecule has 0 aliphatic heterocycles. The van der Waals surface area contributed by atoms with E-state index in [2.05, 4.69) is 5.32 Å². The maximum Gasteiger partial charge on any atom is 0.264 e. The molecule has 10 heteroatoms. The standard InChI is InChI=1S/C30H36FN3O5S/c1-4-6-20-32-30(36)23(3)33(21-24-10-8-7-9-11-24)29(35)22-34(26-14-12-25(31)13-15-26)40(37,38)28-18-16-27(17-19-28)39-5-2/h7-19,23H,4-6,20-22H2,1-3H3,(H,32,36)/t23-/m0/s1. The quantitative estimate of drug-likeness (QED) is 0.283. The molecular formula is C30H36FN3O5S. The second-order valence-corrected chi connectivity index (χ2v) is 11.1. The van der Waals surface area contributed by atoms with Crippen LogP contribution < -0.4 is 14.4 Å². The number of halogens is 1. The van der Waals surface area contributed by atoms with E-state index in [1.165, 1.54) is 41.3 Å². The molecule has 1 atom stereocenters. The minimum absolute atomic E-state index is 0.0620. The number of sulfonamides is 1. The number of amides is 2. The van der Waals surface area contributed by atoms with E-state index in [9.17, 15) is 22.4 Å². The number of hydrogen-bond acceptors (Lipinski definition) is 5. The van der Waals surface area contributed by atoms with Gasteiger partial charge in [-0.15, -0.1) is 0 Å². The molecule has 0 bridgehead atoms. The van der Waals surface area contributed by atoms with E-state index in [-0.39, 0.29) is 23.0 Å². The van der Waals surface area contributed by atoms with Gasteiger partial charge in [-0.05, 0) is 74.4 Å². The lowest BCUT2D eigenvalue weighted by atomic mass is 10.1. The zero-order valence-electron chi connectivity index (χ0n) is 23.0. The second kappa shape index (κ2) is 14.5. The molecule has 40 heavy (non-hydrogen) atoms. The van der Waals surface area contributed by atoms with Crippen LogP contribution in [-0.2, 0) is 26.2 Å². The number of benzene rings is 3. The number of nitrogens with zero attached hydrogens (tertiary/aromatic N) is 2. The van der Waals surface area contributed by atoms with Crippen molar-refractivity contribution < 1.29 is 27.1 Å². The van der Waals surface area contributed by atoms with Gasteiger partial charge in [-0.25, -0.2) is 12.8 Å². The number of unbranched alkanes of at least 4 members (excludes halogenated alkanes) is 1. The maximum absolute atomic E-state index is 13.8. The lowest BCUT2D eigenvalue weighted by Crippen LogP contribution is -2.51. The average Bonchev–Trinajstić information content (AvgIpc) is 2.95. The van der Waals surface area contributed by atoms with Gasteiger partial charge >= 0.3 is 0 Å². The first kappa shape index (κ1) is 30.6. The second-order valence-electron chi connectivity index (χ2n) is 9.22. The Morgan fingerprint density at radius 1 is 0.950 bits per heavy atom. The third-order valence-electron chi connectivity index (χ3n) is 6.31. The van der Waals surface area contributed by atoms with Crippen LogP contribution in [0.5, 0.6) is 5.75 Å². The molecule has 0 aromatic heterocycles. The summed E-state index contributed by atoms with van der Waals surface area (Å²) in [5.74, 6) is -0.958. The number of rotatable bonds is 14. The zero-order valence-corrected chi connectivity index (χ0v) is 23.9. The molecule has 3 aromatic carbocycles. The number of nitrogens with one attached hydrogen (secondary N) is 1. The minimum atomic E-state index is -4.26. The summed E-state index contributed by atoms with van der Waals surface area (Å²) < 4.78 is 47.7. The van der Waals surface area contributed by atoms with Gasteiger partial charge in [0.25, 0.3) is 10.0 Å². The monoisotopic (exact) mass is 569 g/mol. The van der Waals surface area contributed by atoms with Crippen LogP contribution in [0.1, 0.15) is 39.2 Å². The summed E-state index contributed by atoms with van der Waals surface area (Å²) in [6, 6.07) is 19.0. The van der Waals surface area contributed by atoms with Crippen LogP contribution >= 0.6 is 0 Å². The number of carbonyl (C=O) groups excluding carboxylic acids is 2. The van der Waals surface area contributed by atoms with Crippen LogP contribution in [0, 0.1) is 5.82 Å². The molecule has 0 fully saturated rings. The first-order valence-electron chi connectivity index (χ1n) is 13.3. The van der Waals surface area contributed by atoms with Crippen molar-refractivity contribution in [3.05, 3.63) is 90.2 Å².